The Morgan fingerprint density at radius 2 is 1.53 bits per heavy atom. The molecule has 0 fully saturated rings. The van der Waals surface area contributed by atoms with Crippen LogP contribution in [0.1, 0.15) is 15.2 Å². The van der Waals surface area contributed by atoms with Crippen molar-refractivity contribution in [3.8, 4) is 0 Å². The van der Waals surface area contributed by atoms with E-state index < -0.39 is 5.91 Å². The number of benzene rings is 3. The molecule has 0 aliphatic rings. The summed E-state index contributed by atoms with van der Waals surface area (Å²) < 4.78 is 0. The molecule has 0 saturated carbocycles. The van der Waals surface area contributed by atoms with Gasteiger partial charge in [-0.3, -0.25) is 14.4 Å². The zero-order valence-corrected chi connectivity index (χ0v) is 22.9. The molecule has 0 saturated heterocycles. The molecular weight excluding hydrogens is 561 g/mol. The second-order valence-electron chi connectivity index (χ2n) is 7.87. The number of anilines is 2. The second-order valence-corrected chi connectivity index (χ2v) is 10.8. The number of amides is 3. The van der Waals surface area contributed by atoms with Crippen molar-refractivity contribution < 1.29 is 14.4 Å². The fraction of sp³-hybridized carbons (Fsp3) is 0.0357. The summed E-state index contributed by atoms with van der Waals surface area (Å²) in [7, 11) is 0. The lowest BCUT2D eigenvalue weighted by Gasteiger charge is -2.11. The quantitative estimate of drug-likeness (QED) is 0.144. The standard InChI is InChI=1S/C28H21Cl2N3O3S2/c29-19-13-20(30)15-22(14-19)31-26(34)17-38-23-10-8-21(9-11-23)32-28(36)25(16-24-7-4-12-37-24)33-27(35)18-5-2-1-3-6-18/h1-16H,17H2,(H,31,34)(H,32,36)(H,33,35)/b25-16-. The smallest absolute Gasteiger partial charge is 0.272 e. The summed E-state index contributed by atoms with van der Waals surface area (Å²) in [6.45, 7) is 0. The van der Waals surface area contributed by atoms with Crippen molar-refractivity contribution >= 4 is 81.5 Å². The minimum absolute atomic E-state index is 0.123. The first-order valence-electron chi connectivity index (χ1n) is 11.3. The molecule has 1 heterocycles. The van der Waals surface area contributed by atoms with Crippen molar-refractivity contribution in [3.05, 3.63) is 116 Å². The van der Waals surface area contributed by atoms with Gasteiger partial charge in [0.15, 0.2) is 0 Å². The number of carbonyl (C=O) groups is 3. The van der Waals surface area contributed by atoms with Gasteiger partial charge >= 0.3 is 0 Å². The Kier molecular flexibility index (Phi) is 9.62. The fourth-order valence-corrected chi connectivity index (χ4v) is 5.14. The average molecular weight is 583 g/mol. The van der Waals surface area contributed by atoms with E-state index in [2.05, 4.69) is 16.0 Å². The first-order valence-corrected chi connectivity index (χ1v) is 13.9. The first kappa shape index (κ1) is 27.5. The third-order valence-corrected chi connectivity index (χ3v) is 7.25. The summed E-state index contributed by atoms with van der Waals surface area (Å²) in [6, 6.07) is 24.3. The predicted octanol–water partition coefficient (Wildman–Crippen LogP) is 7.20. The van der Waals surface area contributed by atoms with Crippen LogP contribution in [0.25, 0.3) is 6.08 Å². The number of thioether (sulfide) groups is 1. The summed E-state index contributed by atoms with van der Waals surface area (Å²) in [5.74, 6) is -0.866. The largest absolute Gasteiger partial charge is 0.325 e. The lowest BCUT2D eigenvalue weighted by atomic mass is 10.2. The van der Waals surface area contributed by atoms with Crippen LogP contribution in [0, 0.1) is 0 Å². The van der Waals surface area contributed by atoms with E-state index in [1.54, 1.807) is 72.8 Å². The Morgan fingerprint density at radius 1 is 0.816 bits per heavy atom. The van der Waals surface area contributed by atoms with Crippen LogP contribution in [-0.2, 0) is 9.59 Å². The van der Waals surface area contributed by atoms with E-state index in [0.29, 0.717) is 27.0 Å². The van der Waals surface area contributed by atoms with Crippen molar-refractivity contribution in [2.75, 3.05) is 16.4 Å². The lowest BCUT2D eigenvalue weighted by Crippen LogP contribution is -2.30. The van der Waals surface area contributed by atoms with E-state index in [9.17, 15) is 14.4 Å². The fourth-order valence-electron chi connectivity index (χ4n) is 3.26. The molecule has 192 valence electrons. The molecule has 0 aliphatic heterocycles. The number of nitrogens with one attached hydrogen (secondary N) is 3. The zero-order valence-electron chi connectivity index (χ0n) is 19.7. The van der Waals surface area contributed by atoms with Crippen LogP contribution in [0.5, 0.6) is 0 Å². The Morgan fingerprint density at radius 3 is 2.18 bits per heavy atom. The number of hydrogen-bond donors (Lipinski definition) is 3. The van der Waals surface area contributed by atoms with Gasteiger partial charge in [0.25, 0.3) is 11.8 Å². The van der Waals surface area contributed by atoms with Gasteiger partial charge < -0.3 is 16.0 Å². The third-order valence-electron chi connectivity index (χ3n) is 4.99. The summed E-state index contributed by atoms with van der Waals surface area (Å²) in [5, 5.41) is 11.1. The summed E-state index contributed by atoms with van der Waals surface area (Å²) in [4.78, 5) is 39.7. The topological polar surface area (TPSA) is 87.3 Å². The highest BCUT2D eigenvalue weighted by Gasteiger charge is 2.15. The van der Waals surface area contributed by atoms with Gasteiger partial charge in [-0.25, -0.2) is 0 Å². The van der Waals surface area contributed by atoms with E-state index in [1.165, 1.54) is 23.1 Å². The summed E-state index contributed by atoms with van der Waals surface area (Å²) >= 11 is 14.7. The average Bonchev–Trinajstić information content (AvgIpc) is 3.41. The highest BCUT2D eigenvalue weighted by molar-refractivity contribution is 8.00. The van der Waals surface area contributed by atoms with E-state index >= 15 is 0 Å². The monoisotopic (exact) mass is 581 g/mol. The maximum Gasteiger partial charge on any atom is 0.272 e. The zero-order chi connectivity index (χ0) is 26.9. The van der Waals surface area contributed by atoms with Gasteiger partial charge in [-0.15, -0.1) is 23.1 Å². The summed E-state index contributed by atoms with van der Waals surface area (Å²) in [6.07, 6.45) is 1.64. The van der Waals surface area contributed by atoms with Crippen molar-refractivity contribution in [3.63, 3.8) is 0 Å². The molecule has 3 N–H and O–H groups in total. The van der Waals surface area contributed by atoms with Gasteiger partial charge in [0, 0.05) is 36.8 Å². The Balaban J connectivity index is 1.36. The number of halogens is 2. The van der Waals surface area contributed by atoms with Crippen LogP contribution >= 0.6 is 46.3 Å². The van der Waals surface area contributed by atoms with Crippen LogP contribution in [0.3, 0.4) is 0 Å². The molecule has 3 aromatic carbocycles. The van der Waals surface area contributed by atoms with Crippen molar-refractivity contribution in [1.29, 1.82) is 0 Å². The van der Waals surface area contributed by atoms with Gasteiger partial charge in [0.05, 0.1) is 5.75 Å². The van der Waals surface area contributed by atoms with Crippen molar-refractivity contribution in [1.82, 2.24) is 5.32 Å². The lowest BCUT2D eigenvalue weighted by molar-refractivity contribution is -0.114. The molecule has 4 rings (SSSR count). The van der Waals surface area contributed by atoms with Gasteiger partial charge in [0.2, 0.25) is 5.91 Å². The molecule has 0 bridgehead atoms. The molecule has 10 heteroatoms. The number of carbonyl (C=O) groups excluding carboxylic acids is 3. The molecule has 0 atom stereocenters. The molecular formula is C28H21Cl2N3O3S2. The van der Waals surface area contributed by atoms with Crippen LogP contribution in [0.15, 0.2) is 101 Å². The van der Waals surface area contributed by atoms with E-state index in [-0.39, 0.29) is 23.3 Å². The Labute approximate surface area is 238 Å². The molecule has 3 amide bonds. The number of thiophene rings is 1. The Bertz CT molecular complexity index is 1440. The highest BCUT2D eigenvalue weighted by atomic mass is 35.5. The van der Waals surface area contributed by atoms with Gasteiger partial charge in [0.1, 0.15) is 5.70 Å². The van der Waals surface area contributed by atoms with Crippen LogP contribution in [0.4, 0.5) is 11.4 Å². The molecule has 4 aromatic rings. The second kappa shape index (κ2) is 13.3. The molecule has 0 spiro atoms. The van der Waals surface area contributed by atoms with Crippen LogP contribution in [0.2, 0.25) is 10.0 Å². The molecule has 1 aromatic heterocycles. The molecule has 0 radical (unpaired) electrons. The third kappa shape index (κ3) is 8.22. The maximum absolute atomic E-state index is 13.1. The molecule has 38 heavy (non-hydrogen) atoms. The van der Waals surface area contributed by atoms with E-state index in [1.807, 2.05) is 23.6 Å². The SMILES string of the molecule is O=C(CSc1ccc(NC(=O)/C(=C/c2cccs2)NC(=O)c2ccccc2)cc1)Nc1cc(Cl)cc(Cl)c1. The van der Waals surface area contributed by atoms with E-state index in [4.69, 9.17) is 23.2 Å². The van der Waals surface area contributed by atoms with Gasteiger partial charge in [-0.1, -0.05) is 47.5 Å². The van der Waals surface area contributed by atoms with Crippen LogP contribution in [-0.4, -0.2) is 23.5 Å². The van der Waals surface area contributed by atoms with Crippen LogP contribution < -0.4 is 16.0 Å². The first-order chi connectivity index (χ1) is 18.4. The van der Waals surface area contributed by atoms with Crippen molar-refractivity contribution in [2.45, 2.75) is 4.90 Å². The molecule has 0 aliphatic carbocycles. The molecule has 0 unspecified atom stereocenters. The van der Waals surface area contributed by atoms with Gasteiger partial charge in [-0.05, 0) is 72.1 Å². The molecule has 6 nitrogen and oxygen atoms in total. The van der Waals surface area contributed by atoms with E-state index in [0.717, 1.165) is 9.77 Å². The normalized spacial score (nSPS) is 11.1. The number of rotatable bonds is 9. The maximum atomic E-state index is 13.1. The summed E-state index contributed by atoms with van der Waals surface area (Å²) in [5.41, 5.74) is 1.64. The van der Waals surface area contributed by atoms with Crippen molar-refractivity contribution in [2.24, 2.45) is 0 Å². The minimum atomic E-state index is -0.456. The van der Waals surface area contributed by atoms with Gasteiger partial charge in [-0.2, -0.15) is 0 Å². The number of hydrogen-bond acceptors (Lipinski definition) is 5. The highest BCUT2D eigenvalue weighted by Crippen LogP contribution is 2.24. The predicted molar refractivity (Wildman–Crippen MR) is 157 cm³/mol. The Hall–Kier alpha value is -3.56. The minimum Gasteiger partial charge on any atom is -0.325 e.